The van der Waals surface area contributed by atoms with E-state index in [0.717, 1.165) is 25.9 Å². The van der Waals surface area contributed by atoms with Crippen molar-refractivity contribution in [3.63, 3.8) is 0 Å². The first-order valence-corrected chi connectivity index (χ1v) is 5.79. The minimum atomic E-state index is -0.973. The predicted octanol–water partition coefficient (Wildman–Crippen LogP) is 2.33. The lowest BCUT2D eigenvalue weighted by atomic mass is 9.86. The Kier molecular flexibility index (Phi) is 3.43. The van der Waals surface area contributed by atoms with Crippen molar-refractivity contribution >= 4 is 5.97 Å². The van der Waals surface area contributed by atoms with Gasteiger partial charge in [-0.05, 0) is 62.7 Å². The van der Waals surface area contributed by atoms with Crippen molar-refractivity contribution in [1.29, 1.82) is 0 Å². The van der Waals surface area contributed by atoms with E-state index in [0.29, 0.717) is 5.56 Å². The number of halogens is 1. The summed E-state index contributed by atoms with van der Waals surface area (Å²) in [6.45, 7) is 1.86. The summed E-state index contributed by atoms with van der Waals surface area (Å²) in [4.78, 5) is 13.3. The predicted molar refractivity (Wildman–Crippen MR) is 62.8 cm³/mol. The van der Waals surface area contributed by atoms with E-state index in [2.05, 4.69) is 4.90 Å². The Morgan fingerprint density at radius 3 is 2.65 bits per heavy atom. The average Bonchev–Trinajstić information content (AvgIpc) is 2.29. The van der Waals surface area contributed by atoms with Gasteiger partial charge in [0.25, 0.3) is 0 Å². The summed E-state index contributed by atoms with van der Waals surface area (Å²) in [5.41, 5.74) is 0.881. The highest BCUT2D eigenvalue weighted by Crippen LogP contribution is 2.30. The molecule has 1 fully saturated rings. The summed E-state index contributed by atoms with van der Waals surface area (Å²) in [5.74, 6) is -1.17. The number of carbonyl (C=O) groups is 1. The molecule has 1 aliphatic heterocycles. The Hall–Kier alpha value is -1.42. The van der Waals surface area contributed by atoms with Crippen LogP contribution in [0.25, 0.3) is 0 Å². The summed E-state index contributed by atoms with van der Waals surface area (Å²) < 4.78 is 13.2. The molecular weight excluding hydrogens is 221 g/mol. The smallest absolute Gasteiger partial charge is 0.335 e. The van der Waals surface area contributed by atoms with E-state index in [1.165, 1.54) is 18.2 Å². The van der Waals surface area contributed by atoms with Gasteiger partial charge in [-0.15, -0.1) is 0 Å². The van der Waals surface area contributed by atoms with Gasteiger partial charge < -0.3 is 10.0 Å². The molecule has 0 bridgehead atoms. The zero-order chi connectivity index (χ0) is 12.4. The van der Waals surface area contributed by atoms with Gasteiger partial charge in [0.2, 0.25) is 0 Å². The molecule has 2 rings (SSSR count). The molecule has 1 N–H and O–H groups in total. The normalized spacial score (nSPS) is 18.2. The van der Waals surface area contributed by atoms with Crippen LogP contribution < -0.4 is 0 Å². The van der Waals surface area contributed by atoms with Gasteiger partial charge in [-0.2, -0.15) is 0 Å². The zero-order valence-electron chi connectivity index (χ0n) is 9.82. The monoisotopic (exact) mass is 237 g/mol. The molecule has 0 saturated carbocycles. The molecule has 0 aromatic heterocycles. The van der Waals surface area contributed by atoms with Crippen LogP contribution in [0.1, 0.15) is 34.7 Å². The number of aromatic carboxylic acids is 1. The summed E-state index contributed by atoms with van der Waals surface area (Å²) in [6, 6.07) is 3.95. The third kappa shape index (κ3) is 2.64. The lowest BCUT2D eigenvalue weighted by molar-refractivity contribution is 0.0694. The molecular formula is C13H16FNO2. The molecule has 0 amide bonds. The second-order valence-corrected chi connectivity index (χ2v) is 4.61. The first-order chi connectivity index (χ1) is 8.08. The molecule has 0 unspecified atom stereocenters. The van der Waals surface area contributed by atoms with Crippen molar-refractivity contribution in [2.75, 3.05) is 20.1 Å². The summed E-state index contributed by atoms with van der Waals surface area (Å²) in [5, 5.41) is 9.11. The molecule has 0 aliphatic carbocycles. The Balaban J connectivity index is 2.30. The average molecular weight is 237 g/mol. The molecule has 1 saturated heterocycles. The van der Waals surface area contributed by atoms with Crippen LogP contribution >= 0.6 is 0 Å². The largest absolute Gasteiger partial charge is 0.478 e. The lowest BCUT2D eigenvalue weighted by Gasteiger charge is -2.29. The molecule has 1 heterocycles. The fraction of sp³-hybridized carbons (Fsp3) is 0.462. The fourth-order valence-electron chi connectivity index (χ4n) is 2.39. The first kappa shape index (κ1) is 12.0. The summed E-state index contributed by atoms with van der Waals surface area (Å²) in [7, 11) is 2.04. The van der Waals surface area contributed by atoms with Crippen LogP contribution in [0, 0.1) is 5.82 Å². The summed E-state index contributed by atoms with van der Waals surface area (Å²) >= 11 is 0. The zero-order valence-corrected chi connectivity index (χ0v) is 9.82. The van der Waals surface area contributed by atoms with Gasteiger partial charge >= 0.3 is 5.97 Å². The van der Waals surface area contributed by atoms with Gasteiger partial charge in [0.15, 0.2) is 0 Å². The van der Waals surface area contributed by atoms with E-state index in [9.17, 15) is 9.18 Å². The van der Waals surface area contributed by atoms with E-state index in [4.69, 9.17) is 5.11 Å². The van der Waals surface area contributed by atoms with Crippen molar-refractivity contribution in [1.82, 2.24) is 4.90 Å². The molecule has 1 aliphatic rings. The molecule has 17 heavy (non-hydrogen) atoms. The van der Waals surface area contributed by atoms with Crippen molar-refractivity contribution in [3.8, 4) is 0 Å². The molecule has 92 valence electrons. The van der Waals surface area contributed by atoms with Gasteiger partial charge in [-0.25, -0.2) is 9.18 Å². The van der Waals surface area contributed by atoms with E-state index in [1.807, 2.05) is 7.05 Å². The van der Waals surface area contributed by atoms with Crippen LogP contribution in [-0.2, 0) is 0 Å². The van der Waals surface area contributed by atoms with Crippen molar-refractivity contribution < 1.29 is 14.3 Å². The minimum absolute atomic E-state index is 0.160. The Bertz CT molecular complexity index is 425. The Labute approximate surface area is 99.9 Å². The van der Waals surface area contributed by atoms with Gasteiger partial charge in [0.05, 0.1) is 5.56 Å². The van der Waals surface area contributed by atoms with Crippen LogP contribution in [0.3, 0.4) is 0 Å². The topological polar surface area (TPSA) is 40.5 Å². The Morgan fingerprint density at radius 2 is 2.06 bits per heavy atom. The molecule has 0 radical (unpaired) electrons. The maximum Gasteiger partial charge on any atom is 0.335 e. The number of nitrogens with zero attached hydrogens (tertiary/aromatic N) is 1. The van der Waals surface area contributed by atoms with E-state index >= 15 is 0 Å². The number of piperidine rings is 1. The second-order valence-electron chi connectivity index (χ2n) is 4.61. The highest BCUT2D eigenvalue weighted by atomic mass is 19.1. The standard InChI is InChI=1S/C13H16FNO2/c1-15-6-4-9(5-7-15)12-8-10(14)2-3-11(12)13(16)17/h2-3,8-9H,4-7H2,1H3,(H,16,17). The van der Waals surface area contributed by atoms with Gasteiger partial charge in [0, 0.05) is 0 Å². The SMILES string of the molecule is CN1CCC(c2cc(F)ccc2C(=O)O)CC1. The van der Waals surface area contributed by atoms with Crippen molar-refractivity contribution in [2.24, 2.45) is 0 Å². The number of hydrogen-bond acceptors (Lipinski definition) is 2. The molecule has 3 nitrogen and oxygen atoms in total. The van der Waals surface area contributed by atoms with Crippen molar-refractivity contribution in [3.05, 3.63) is 35.1 Å². The van der Waals surface area contributed by atoms with Crippen molar-refractivity contribution in [2.45, 2.75) is 18.8 Å². The first-order valence-electron chi connectivity index (χ1n) is 5.79. The van der Waals surface area contributed by atoms with Crippen LogP contribution in [0.4, 0.5) is 4.39 Å². The second kappa shape index (κ2) is 4.84. The highest BCUT2D eigenvalue weighted by Gasteiger charge is 2.23. The number of rotatable bonds is 2. The third-order valence-electron chi connectivity index (χ3n) is 3.40. The van der Waals surface area contributed by atoms with Gasteiger partial charge in [-0.1, -0.05) is 0 Å². The highest BCUT2D eigenvalue weighted by molar-refractivity contribution is 5.89. The molecule has 4 heteroatoms. The van der Waals surface area contributed by atoms with Crippen LogP contribution in [0.15, 0.2) is 18.2 Å². The number of hydrogen-bond donors (Lipinski definition) is 1. The fourth-order valence-corrected chi connectivity index (χ4v) is 2.39. The molecule has 0 atom stereocenters. The number of benzene rings is 1. The molecule has 0 spiro atoms. The lowest BCUT2D eigenvalue weighted by Crippen LogP contribution is -2.29. The van der Waals surface area contributed by atoms with Gasteiger partial charge in [-0.3, -0.25) is 0 Å². The molecule has 1 aromatic rings. The van der Waals surface area contributed by atoms with Gasteiger partial charge in [0.1, 0.15) is 5.82 Å². The van der Waals surface area contributed by atoms with Crippen LogP contribution in [0.2, 0.25) is 0 Å². The van der Waals surface area contributed by atoms with E-state index in [-0.39, 0.29) is 17.3 Å². The summed E-state index contributed by atoms with van der Waals surface area (Å²) in [6.07, 6.45) is 1.78. The maximum atomic E-state index is 13.2. The third-order valence-corrected chi connectivity index (χ3v) is 3.40. The van der Waals surface area contributed by atoms with E-state index < -0.39 is 5.97 Å². The maximum absolute atomic E-state index is 13.2. The quantitative estimate of drug-likeness (QED) is 0.858. The Morgan fingerprint density at radius 1 is 1.41 bits per heavy atom. The minimum Gasteiger partial charge on any atom is -0.478 e. The number of carboxylic acid groups (broad SMARTS) is 1. The number of carboxylic acids is 1. The van der Waals surface area contributed by atoms with E-state index in [1.54, 1.807) is 0 Å². The number of likely N-dealkylation sites (tertiary alicyclic amines) is 1. The molecule has 1 aromatic carbocycles. The van der Waals surface area contributed by atoms with Crippen LogP contribution in [0.5, 0.6) is 0 Å². The van der Waals surface area contributed by atoms with Crippen LogP contribution in [-0.4, -0.2) is 36.1 Å².